The lowest BCUT2D eigenvalue weighted by atomic mass is 9.79. The van der Waals surface area contributed by atoms with Gasteiger partial charge in [0, 0.05) is 39.1 Å². The van der Waals surface area contributed by atoms with Crippen LogP contribution in [0.15, 0.2) is 121 Å². The van der Waals surface area contributed by atoms with Crippen LogP contribution in [0.3, 0.4) is 0 Å². The van der Waals surface area contributed by atoms with Gasteiger partial charge in [-0.3, -0.25) is 4.57 Å². The highest BCUT2D eigenvalue weighted by molar-refractivity contribution is 6.09. The first-order valence-corrected chi connectivity index (χ1v) is 13.6. The average Bonchev–Trinajstić information content (AvgIpc) is 3.60. The molecule has 4 nitrogen and oxygen atoms in total. The molecule has 0 saturated heterocycles. The summed E-state index contributed by atoms with van der Waals surface area (Å²) in [7, 11) is 0. The van der Waals surface area contributed by atoms with Crippen molar-refractivity contribution >= 4 is 21.9 Å². The molecule has 6 aromatic rings. The van der Waals surface area contributed by atoms with E-state index in [2.05, 4.69) is 114 Å². The lowest BCUT2D eigenvalue weighted by Gasteiger charge is -2.24. The predicted molar refractivity (Wildman–Crippen MR) is 159 cm³/mol. The number of nitrogens with zero attached hydrogens (tertiary/aromatic N) is 4. The second kappa shape index (κ2) is 8.15. The second-order valence-electron chi connectivity index (χ2n) is 11.1. The van der Waals surface area contributed by atoms with E-state index in [-0.39, 0.29) is 5.41 Å². The second-order valence-corrected chi connectivity index (χ2v) is 11.1. The van der Waals surface area contributed by atoms with E-state index in [0.717, 1.165) is 40.4 Å². The number of hydrogen-bond donors (Lipinski definition) is 0. The monoisotopic (exact) mass is 504 g/mol. The molecule has 0 bridgehead atoms. The number of fused-ring (bicyclic) bond motifs is 7. The molecule has 0 fully saturated rings. The first kappa shape index (κ1) is 22.3. The van der Waals surface area contributed by atoms with Gasteiger partial charge in [-0.1, -0.05) is 111 Å². The molecule has 0 saturated carbocycles. The zero-order valence-electron chi connectivity index (χ0n) is 22.0. The molecule has 0 N–H and O–H groups in total. The fourth-order valence-corrected chi connectivity index (χ4v) is 6.64. The highest BCUT2D eigenvalue weighted by Crippen LogP contribution is 2.52. The molecule has 8 rings (SSSR count). The van der Waals surface area contributed by atoms with E-state index in [1.165, 1.54) is 27.7 Å². The lowest BCUT2D eigenvalue weighted by molar-refractivity contribution is 0.589. The minimum Gasteiger partial charge on any atom is -0.322 e. The summed E-state index contributed by atoms with van der Waals surface area (Å²) in [5, 5.41) is 2.53. The van der Waals surface area contributed by atoms with Crippen molar-refractivity contribution in [2.24, 2.45) is 0 Å². The fourth-order valence-electron chi connectivity index (χ4n) is 6.64. The van der Waals surface area contributed by atoms with Crippen molar-refractivity contribution in [3.63, 3.8) is 0 Å². The van der Waals surface area contributed by atoms with Crippen molar-refractivity contribution in [1.82, 2.24) is 19.1 Å². The highest BCUT2D eigenvalue weighted by atomic mass is 15.2. The van der Waals surface area contributed by atoms with Crippen LogP contribution in [-0.2, 0) is 5.41 Å². The Labute approximate surface area is 227 Å². The van der Waals surface area contributed by atoms with Crippen molar-refractivity contribution in [1.29, 1.82) is 0 Å². The lowest BCUT2D eigenvalue weighted by Crippen LogP contribution is -2.17. The number of hydrogen-bond acceptors (Lipinski definition) is 2. The highest BCUT2D eigenvalue weighted by Gasteiger charge is 2.44. The van der Waals surface area contributed by atoms with Gasteiger partial charge in [0.25, 0.3) is 0 Å². The third kappa shape index (κ3) is 3.18. The number of benzene rings is 3. The molecule has 0 radical (unpaired) electrons. The molecule has 2 aliphatic rings. The Morgan fingerprint density at radius 3 is 2.28 bits per heavy atom. The van der Waals surface area contributed by atoms with Gasteiger partial charge in [0.1, 0.15) is 11.5 Å². The summed E-state index contributed by atoms with van der Waals surface area (Å²) < 4.78 is 4.95. The van der Waals surface area contributed by atoms with Crippen molar-refractivity contribution < 1.29 is 0 Å². The maximum Gasteiger partial charge on any atom is 0.162 e. The smallest absolute Gasteiger partial charge is 0.162 e. The molecule has 1 unspecified atom stereocenters. The van der Waals surface area contributed by atoms with Crippen molar-refractivity contribution in [2.75, 3.05) is 0 Å². The summed E-state index contributed by atoms with van der Waals surface area (Å²) in [6, 6.07) is 34.3. The van der Waals surface area contributed by atoms with Gasteiger partial charge in [0.15, 0.2) is 5.82 Å². The molecule has 4 heteroatoms. The molecule has 39 heavy (non-hydrogen) atoms. The molecule has 1 aliphatic heterocycles. The molecule has 3 aromatic carbocycles. The molecular formula is C35H28N4. The van der Waals surface area contributed by atoms with E-state index in [1.807, 2.05) is 24.3 Å². The molecule has 3 aromatic heterocycles. The predicted octanol–water partition coefficient (Wildman–Crippen LogP) is 8.43. The van der Waals surface area contributed by atoms with E-state index in [9.17, 15) is 0 Å². The quantitative estimate of drug-likeness (QED) is 0.242. The van der Waals surface area contributed by atoms with Crippen LogP contribution in [0.25, 0.3) is 50.4 Å². The van der Waals surface area contributed by atoms with Crippen LogP contribution in [0.1, 0.15) is 32.0 Å². The maximum atomic E-state index is 5.23. The zero-order chi connectivity index (χ0) is 26.1. The largest absolute Gasteiger partial charge is 0.322 e. The summed E-state index contributed by atoms with van der Waals surface area (Å²) in [5.41, 5.74) is 8.19. The SMILES string of the molecule is CC1(C)C2=CC=CCC2n2c1cc1c3ccccc3n(-c3cc(-c4ccccc4)nc(-c4ccccc4)n3)c12. The summed E-state index contributed by atoms with van der Waals surface area (Å²) in [6.45, 7) is 4.72. The van der Waals surface area contributed by atoms with Gasteiger partial charge in [-0.2, -0.15) is 0 Å². The van der Waals surface area contributed by atoms with Gasteiger partial charge >= 0.3 is 0 Å². The third-order valence-corrected chi connectivity index (χ3v) is 8.50. The summed E-state index contributed by atoms with van der Waals surface area (Å²) >= 11 is 0. The molecule has 1 aliphatic carbocycles. The topological polar surface area (TPSA) is 35.6 Å². The van der Waals surface area contributed by atoms with E-state index in [4.69, 9.17) is 9.97 Å². The van der Waals surface area contributed by atoms with Crippen LogP contribution in [-0.4, -0.2) is 19.1 Å². The van der Waals surface area contributed by atoms with Crippen molar-refractivity contribution in [3.05, 3.63) is 127 Å². The van der Waals surface area contributed by atoms with E-state index < -0.39 is 0 Å². The fraction of sp³-hybridized carbons (Fsp3) is 0.143. The van der Waals surface area contributed by atoms with Crippen molar-refractivity contribution in [2.45, 2.75) is 31.7 Å². The number of para-hydroxylation sites is 1. The molecule has 188 valence electrons. The van der Waals surface area contributed by atoms with Crippen molar-refractivity contribution in [3.8, 4) is 28.5 Å². The number of rotatable bonds is 3. The van der Waals surface area contributed by atoms with Crippen LogP contribution in [0, 0.1) is 0 Å². The van der Waals surface area contributed by atoms with Gasteiger partial charge in [-0.25, -0.2) is 9.97 Å². The van der Waals surface area contributed by atoms with E-state index in [0.29, 0.717) is 6.04 Å². The molecule has 0 amide bonds. The van der Waals surface area contributed by atoms with Gasteiger partial charge in [0.2, 0.25) is 0 Å². The Hall–Kier alpha value is -4.70. The molecule has 0 spiro atoms. The molecular weight excluding hydrogens is 476 g/mol. The first-order chi connectivity index (χ1) is 19.1. The Balaban J connectivity index is 1.48. The molecule has 1 atom stereocenters. The van der Waals surface area contributed by atoms with Gasteiger partial charge in [0.05, 0.1) is 17.3 Å². The normalized spacial score (nSPS) is 17.4. The maximum absolute atomic E-state index is 5.23. The van der Waals surface area contributed by atoms with Gasteiger partial charge in [-0.15, -0.1) is 0 Å². The Morgan fingerprint density at radius 2 is 1.49 bits per heavy atom. The summed E-state index contributed by atoms with van der Waals surface area (Å²) in [5.74, 6) is 1.61. The zero-order valence-corrected chi connectivity index (χ0v) is 22.0. The first-order valence-electron chi connectivity index (χ1n) is 13.6. The van der Waals surface area contributed by atoms with E-state index in [1.54, 1.807) is 0 Å². The molecule has 4 heterocycles. The number of allylic oxidation sites excluding steroid dienone is 4. The summed E-state index contributed by atoms with van der Waals surface area (Å²) in [6.07, 6.45) is 7.84. The Kier molecular flexibility index (Phi) is 4.66. The van der Waals surface area contributed by atoms with Gasteiger partial charge in [-0.05, 0) is 24.1 Å². The van der Waals surface area contributed by atoms with E-state index >= 15 is 0 Å². The summed E-state index contributed by atoms with van der Waals surface area (Å²) in [4.78, 5) is 10.3. The van der Waals surface area contributed by atoms with Crippen LogP contribution in [0.5, 0.6) is 0 Å². The standard InChI is InChI=1S/C35H28N4/c1-35(2)27-18-10-12-20-30(27)38-31(35)21-26-25-17-9-11-19-29(25)39(34(26)38)32-22-28(23-13-5-3-6-14-23)36-33(37-32)24-15-7-4-8-16-24/h3-19,21-22,30H,20H2,1-2H3. The van der Waals surface area contributed by atoms with Crippen LogP contribution < -0.4 is 0 Å². The van der Waals surface area contributed by atoms with Crippen LogP contribution >= 0.6 is 0 Å². The van der Waals surface area contributed by atoms with Crippen LogP contribution in [0.2, 0.25) is 0 Å². The Bertz CT molecular complexity index is 1890. The van der Waals surface area contributed by atoms with Gasteiger partial charge < -0.3 is 4.57 Å². The minimum atomic E-state index is -0.0313. The Morgan fingerprint density at radius 1 is 0.769 bits per heavy atom. The third-order valence-electron chi connectivity index (χ3n) is 8.50. The average molecular weight is 505 g/mol. The van der Waals surface area contributed by atoms with Crippen LogP contribution in [0.4, 0.5) is 0 Å². The number of aromatic nitrogens is 4. The minimum absolute atomic E-state index is 0.0313.